The predicted molar refractivity (Wildman–Crippen MR) is 154 cm³/mol. The Morgan fingerprint density at radius 1 is 0.976 bits per heavy atom. The average Bonchev–Trinajstić information content (AvgIpc) is 3.66. The molecule has 4 aliphatic heterocycles. The van der Waals surface area contributed by atoms with Crippen LogP contribution in [-0.2, 0) is 9.53 Å². The van der Waals surface area contributed by atoms with Crippen LogP contribution in [0.1, 0.15) is 38.5 Å². The van der Waals surface area contributed by atoms with Gasteiger partial charge in [-0.2, -0.15) is 9.97 Å². The fourth-order valence-electron chi connectivity index (χ4n) is 7.28. The van der Waals surface area contributed by atoms with Crippen molar-refractivity contribution < 1.29 is 23.0 Å². The van der Waals surface area contributed by atoms with Crippen molar-refractivity contribution >= 4 is 23.5 Å². The lowest BCUT2D eigenvalue weighted by Gasteiger charge is -2.40. The van der Waals surface area contributed by atoms with Crippen molar-refractivity contribution in [3.63, 3.8) is 0 Å². The topological polar surface area (TPSA) is 86.6 Å². The summed E-state index contributed by atoms with van der Waals surface area (Å²) in [5.41, 5.74) is 0. The van der Waals surface area contributed by atoms with E-state index >= 15 is 0 Å². The fourth-order valence-corrected chi connectivity index (χ4v) is 7.28. The molecule has 1 amide bonds. The normalized spacial score (nSPS) is 31.4. The summed E-state index contributed by atoms with van der Waals surface area (Å²) in [6.45, 7) is 6.14. The molecule has 2 aliphatic carbocycles. The number of nitrogens with zero attached hydrogens (tertiary/aromatic N) is 7. The Morgan fingerprint density at radius 2 is 1.79 bits per heavy atom. The molecular formula is C30H39F2N7O3. The van der Waals surface area contributed by atoms with Gasteiger partial charge in [-0.15, -0.1) is 0 Å². The van der Waals surface area contributed by atoms with Crippen LogP contribution in [0.25, 0.3) is 0 Å². The highest BCUT2D eigenvalue weighted by Gasteiger charge is 2.41. The number of carbonyl (C=O) groups excluding carboxylic acids is 1. The molecule has 4 fully saturated rings. The van der Waals surface area contributed by atoms with Crippen LogP contribution in [0.3, 0.4) is 0 Å². The molecule has 0 radical (unpaired) electrons. The van der Waals surface area contributed by atoms with Gasteiger partial charge in [-0.25, -0.2) is 8.78 Å². The number of aliphatic imine (C=N–C) groups is 1. The van der Waals surface area contributed by atoms with Crippen molar-refractivity contribution in [1.82, 2.24) is 19.8 Å². The number of amidine groups is 1. The Morgan fingerprint density at radius 3 is 2.60 bits per heavy atom. The molecule has 0 bridgehead atoms. The van der Waals surface area contributed by atoms with Crippen LogP contribution in [0.5, 0.6) is 5.88 Å². The molecule has 0 N–H and O–H groups in total. The summed E-state index contributed by atoms with van der Waals surface area (Å²) >= 11 is 0. The van der Waals surface area contributed by atoms with Gasteiger partial charge in [0, 0.05) is 50.7 Å². The average molecular weight is 584 g/mol. The predicted octanol–water partition coefficient (Wildman–Crippen LogP) is 2.90. The van der Waals surface area contributed by atoms with Crippen LogP contribution in [0.15, 0.2) is 35.4 Å². The van der Waals surface area contributed by atoms with E-state index in [0.717, 1.165) is 51.9 Å². The first-order valence-electron chi connectivity index (χ1n) is 15.4. The molecule has 1 aromatic rings. The van der Waals surface area contributed by atoms with E-state index in [4.69, 9.17) is 19.4 Å². The van der Waals surface area contributed by atoms with Gasteiger partial charge < -0.3 is 24.2 Å². The number of alkyl halides is 2. The lowest BCUT2D eigenvalue weighted by atomic mass is 9.86. The van der Waals surface area contributed by atoms with Crippen LogP contribution in [0.4, 0.5) is 20.5 Å². The molecule has 12 heteroatoms. The fraction of sp³-hybridized carbons (Fsp3) is 0.667. The van der Waals surface area contributed by atoms with E-state index in [-0.39, 0.29) is 29.8 Å². The van der Waals surface area contributed by atoms with E-state index in [1.165, 1.54) is 17.7 Å². The van der Waals surface area contributed by atoms with Crippen molar-refractivity contribution in [2.45, 2.75) is 69.2 Å². The zero-order valence-electron chi connectivity index (χ0n) is 23.9. The number of carbonyl (C=O) groups is 1. The third-order valence-electron chi connectivity index (χ3n) is 9.53. The second-order valence-electron chi connectivity index (χ2n) is 12.1. The number of ether oxygens (including phenoxy) is 2. The van der Waals surface area contributed by atoms with Crippen molar-refractivity contribution in [2.24, 2.45) is 10.9 Å². The van der Waals surface area contributed by atoms with E-state index in [1.54, 1.807) is 6.07 Å². The molecule has 6 aliphatic rings. The Bertz CT molecular complexity index is 1250. The lowest BCUT2D eigenvalue weighted by molar-refractivity contribution is -0.139. The van der Waals surface area contributed by atoms with Crippen molar-refractivity contribution in [3.05, 3.63) is 30.4 Å². The van der Waals surface area contributed by atoms with Crippen molar-refractivity contribution in [2.75, 3.05) is 62.3 Å². The maximum atomic E-state index is 14.2. The Labute approximate surface area is 245 Å². The zero-order valence-corrected chi connectivity index (χ0v) is 23.9. The number of piperazine rings is 1. The number of anilines is 2. The van der Waals surface area contributed by atoms with Gasteiger partial charge in [-0.1, -0.05) is 24.3 Å². The molecule has 10 nitrogen and oxygen atoms in total. The first kappa shape index (κ1) is 27.7. The van der Waals surface area contributed by atoms with Gasteiger partial charge in [-0.3, -0.25) is 14.7 Å². The summed E-state index contributed by atoms with van der Waals surface area (Å²) in [4.78, 5) is 35.3. The molecule has 5 heterocycles. The number of rotatable bonds is 6. The van der Waals surface area contributed by atoms with E-state index < -0.39 is 12.5 Å². The van der Waals surface area contributed by atoms with Crippen LogP contribution < -0.4 is 14.5 Å². The lowest BCUT2D eigenvalue weighted by Crippen LogP contribution is -2.53. The number of allylic oxidation sites excluding steroid dienone is 2. The molecule has 3 unspecified atom stereocenters. The Balaban J connectivity index is 1.07. The van der Waals surface area contributed by atoms with Crippen molar-refractivity contribution in [3.8, 4) is 5.88 Å². The molecule has 3 atom stereocenters. The number of morpholine rings is 1. The number of amides is 1. The molecule has 0 spiro atoms. The minimum Gasteiger partial charge on any atom is -0.474 e. The maximum absolute atomic E-state index is 14.2. The Hall–Kier alpha value is -3.12. The number of hydrogen-bond acceptors (Lipinski definition) is 9. The summed E-state index contributed by atoms with van der Waals surface area (Å²) in [5, 5.41) is 0. The van der Waals surface area contributed by atoms with Gasteiger partial charge >= 0.3 is 0 Å². The second kappa shape index (κ2) is 11.9. The summed E-state index contributed by atoms with van der Waals surface area (Å²) in [5.74, 6) is 1.17. The molecule has 42 heavy (non-hydrogen) atoms. The largest absolute Gasteiger partial charge is 0.474 e. The van der Waals surface area contributed by atoms with Gasteiger partial charge in [0.2, 0.25) is 17.7 Å². The SMILES string of the molecule is O=C(C1CCC(Oc2cc(N3C(C(F)F)=NC4C=CC=CC43)nc(N3CCOCC3)n2)CC1)N1CCN2CCCC2C1. The number of fused-ring (bicyclic) bond motifs is 2. The molecule has 1 saturated carbocycles. The maximum Gasteiger partial charge on any atom is 0.295 e. The van der Waals surface area contributed by atoms with Crippen LogP contribution in [-0.4, -0.2) is 115 Å². The van der Waals surface area contributed by atoms with Gasteiger partial charge in [0.1, 0.15) is 11.9 Å². The minimum atomic E-state index is -2.74. The summed E-state index contributed by atoms with van der Waals surface area (Å²) in [6, 6.07) is 1.41. The van der Waals surface area contributed by atoms with Crippen LogP contribution in [0.2, 0.25) is 0 Å². The van der Waals surface area contributed by atoms with E-state index in [9.17, 15) is 13.6 Å². The van der Waals surface area contributed by atoms with E-state index in [2.05, 4.69) is 14.8 Å². The third-order valence-corrected chi connectivity index (χ3v) is 9.53. The van der Waals surface area contributed by atoms with Gasteiger partial charge in [0.25, 0.3) is 6.43 Å². The standard InChI is InChI=1S/C30H39F2N7O3/c31-27(32)28-33-23-5-1-2-6-24(23)39(28)25-18-26(35-30(34-25)37-14-16-41-17-15-37)42-22-9-7-20(8-10-22)29(40)38-13-12-36-11-3-4-21(36)19-38/h1-2,5-6,18,20-24,27H,3-4,7-17,19H2. The van der Waals surface area contributed by atoms with Crippen LogP contribution >= 0.6 is 0 Å². The minimum absolute atomic E-state index is 0.0279. The summed E-state index contributed by atoms with van der Waals surface area (Å²) < 4.78 is 40.3. The molecule has 226 valence electrons. The van der Waals surface area contributed by atoms with Gasteiger partial charge in [0.05, 0.1) is 25.3 Å². The first-order valence-corrected chi connectivity index (χ1v) is 15.4. The first-order chi connectivity index (χ1) is 20.5. The highest BCUT2D eigenvalue weighted by Crippen LogP contribution is 2.35. The summed E-state index contributed by atoms with van der Waals surface area (Å²) in [7, 11) is 0. The number of hydrogen-bond donors (Lipinski definition) is 0. The van der Waals surface area contributed by atoms with Gasteiger partial charge in [-0.05, 0) is 45.1 Å². The molecule has 1 aromatic heterocycles. The monoisotopic (exact) mass is 583 g/mol. The molecule has 7 rings (SSSR count). The molecule has 3 saturated heterocycles. The molecule has 0 aromatic carbocycles. The van der Waals surface area contributed by atoms with Gasteiger partial charge in [0.15, 0.2) is 5.84 Å². The third kappa shape index (κ3) is 5.50. The van der Waals surface area contributed by atoms with Crippen LogP contribution in [0, 0.1) is 5.92 Å². The molecular weight excluding hydrogens is 544 g/mol. The highest BCUT2D eigenvalue weighted by molar-refractivity contribution is 6.02. The second-order valence-corrected chi connectivity index (χ2v) is 12.1. The summed E-state index contributed by atoms with van der Waals surface area (Å²) in [6.07, 6.45) is 10.0. The highest BCUT2D eigenvalue weighted by atomic mass is 19.3. The van der Waals surface area contributed by atoms with Crippen molar-refractivity contribution in [1.29, 1.82) is 0 Å². The number of halogens is 2. The Kier molecular flexibility index (Phi) is 7.83. The smallest absolute Gasteiger partial charge is 0.295 e. The van der Waals surface area contributed by atoms with E-state index in [0.29, 0.717) is 50.0 Å². The quantitative estimate of drug-likeness (QED) is 0.506. The van der Waals surface area contributed by atoms with E-state index in [1.807, 2.05) is 29.2 Å². The zero-order chi connectivity index (χ0) is 28.6. The number of aromatic nitrogens is 2.